The van der Waals surface area contributed by atoms with Crippen LogP contribution in [0.15, 0.2) is 0 Å². The highest BCUT2D eigenvalue weighted by Gasteiger charge is 2.17. The van der Waals surface area contributed by atoms with E-state index >= 15 is 0 Å². The predicted molar refractivity (Wildman–Crippen MR) is 65.6 cm³/mol. The molecule has 18 heavy (non-hydrogen) atoms. The molecule has 0 saturated carbocycles. The smallest absolute Gasteiger partial charge is 0.305 e. The second kappa shape index (κ2) is 7.67. The van der Waals surface area contributed by atoms with Crippen LogP contribution in [0.25, 0.3) is 0 Å². The van der Waals surface area contributed by atoms with E-state index in [1.54, 1.807) is 0 Å². The van der Waals surface area contributed by atoms with Crippen molar-refractivity contribution in [2.24, 2.45) is 0 Å². The third-order valence-electron chi connectivity index (χ3n) is 2.56. The first kappa shape index (κ1) is 15.4. The molecule has 0 spiro atoms. The number of carbonyl (C=O) groups excluding carboxylic acids is 1. The minimum absolute atomic E-state index is 0.0811. The number of rotatable bonds is 7. The van der Waals surface area contributed by atoms with Crippen molar-refractivity contribution in [1.29, 1.82) is 0 Å². The van der Waals surface area contributed by atoms with Crippen molar-refractivity contribution in [2.75, 3.05) is 39.1 Å². The van der Waals surface area contributed by atoms with Gasteiger partial charge >= 0.3 is 5.97 Å². The standard InChI is InChI=1S/C10H20N2O5S/c1-16-10(13)3-2-6-18(14,15)12-8-9-7-11-4-5-17-9/h9,11-12H,2-8H2,1H3. The average molecular weight is 280 g/mol. The summed E-state index contributed by atoms with van der Waals surface area (Å²) in [5, 5.41) is 3.12. The fourth-order valence-electron chi connectivity index (χ4n) is 1.55. The van der Waals surface area contributed by atoms with Gasteiger partial charge in [0.05, 0.1) is 25.6 Å². The van der Waals surface area contributed by atoms with Crippen LogP contribution in [0.5, 0.6) is 0 Å². The number of esters is 1. The summed E-state index contributed by atoms with van der Waals surface area (Å²) >= 11 is 0. The van der Waals surface area contributed by atoms with Gasteiger partial charge in [-0.15, -0.1) is 0 Å². The van der Waals surface area contributed by atoms with Crippen molar-refractivity contribution in [3.63, 3.8) is 0 Å². The largest absolute Gasteiger partial charge is 0.469 e. The van der Waals surface area contributed by atoms with Crippen molar-refractivity contribution in [2.45, 2.75) is 18.9 Å². The Morgan fingerprint density at radius 3 is 2.94 bits per heavy atom. The van der Waals surface area contributed by atoms with Crippen LogP contribution in [0.2, 0.25) is 0 Å². The van der Waals surface area contributed by atoms with Crippen molar-refractivity contribution in [3.8, 4) is 0 Å². The molecule has 1 aliphatic heterocycles. The van der Waals surface area contributed by atoms with Gasteiger partial charge in [-0.25, -0.2) is 13.1 Å². The van der Waals surface area contributed by atoms with Gasteiger partial charge in [-0.05, 0) is 6.42 Å². The van der Waals surface area contributed by atoms with Gasteiger partial charge < -0.3 is 14.8 Å². The summed E-state index contributed by atoms with van der Waals surface area (Å²) in [5.74, 6) is -0.479. The highest BCUT2D eigenvalue weighted by molar-refractivity contribution is 7.89. The topological polar surface area (TPSA) is 93.7 Å². The Morgan fingerprint density at radius 2 is 2.33 bits per heavy atom. The Balaban J connectivity index is 2.20. The van der Waals surface area contributed by atoms with Gasteiger partial charge in [0.1, 0.15) is 0 Å². The molecule has 1 aliphatic rings. The Kier molecular flexibility index (Phi) is 6.55. The predicted octanol–water partition coefficient (Wildman–Crippen LogP) is -1.15. The summed E-state index contributed by atoms with van der Waals surface area (Å²) in [6.45, 7) is 2.29. The maximum Gasteiger partial charge on any atom is 0.305 e. The molecule has 1 unspecified atom stereocenters. The first-order valence-electron chi connectivity index (χ1n) is 5.90. The first-order valence-corrected chi connectivity index (χ1v) is 7.55. The lowest BCUT2D eigenvalue weighted by atomic mass is 10.3. The van der Waals surface area contributed by atoms with Gasteiger partial charge in [0.25, 0.3) is 0 Å². The van der Waals surface area contributed by atoms with E-state index < -0.39 is 16.0 Å². The van der Waals surface area contributed by atoms with E-state index in [0.29, 0.717) is 13.2 Å². The molecule has 0 radical (unpaired) electrons. The summed E-state index contributed by atoms with van der Waals surface area (Å²) < 4.78 is 35.5. The van der Waals surface area contributed by atoms with E-state index in [-0.39, 0.29) is 31.2 Å². The lowest BCUT2D eigenvalue weighted by Crippen LogP contribution is -2.45. The van der Waals surface area contributed by atoms with Crippen LogP contribution >= 0.6 is 0 Å². The Morgan fingerprint density at radius 1 is 1.56 bits per heavy atom. The van der Waals surface area contributed by atoms with Gasteiger partial charge in [-0.3, -0.25) is 4.79 Å². The number of nitrogens with one attached hydrogen (secondary N) is 2. The van der Waals surface area contributed by atoms with Gasteiger partial charge in [0.15, 0.2) is 0 Å². The van der Waals surface area contributed by atoms with Gasteiger partial charge in [-0.2, -0.15) is 0 Å². The molecular formula is C10H20N2O5S. The first-order chi connectivity index (χ1) is 8.53. The van der Waals surface area contributed by atoms with E-state index in [1.165, 1.54) is 7.11 Å². The molecule has 106 valence electrons. The zero-order chi connectivity index (χ0) is 13.4. The lowest BCUT2D eigenvalue weighted by molar-refractivity contribution is -0.140. The van der Waals surface area contributed by atoms with E-state index in [2.05, 4.69) is 14.8 Å². The van der Waals surface area contributed by atoms with Crippen LogP contribution < -0.4 is 10.0 Å². The van der Waals surface area contributed by atoms with E-state index in [4.69, 9.17) is 4.74 Å². The zero-order valence-corrected chi connectivity index (χ0v) is 11.3. The number of carbonyl (C=O) groups is 1. The SMILES string of the molecule is COC(=O)CCCS(=O)(=O)NCC1CNCCO1. The molecule has 0 amide bonds. The van der Waals surface area contributed by atoms with Crippen LogP contribution in [0.4, 0.5) is 0 Å². The maximum absolute atomic E-state index is 11.6. The maximum atomic E-state index is 11.6. The summed E-state index contributed by atoms with van der Waals surface area (Å²) in [6, 6.07) is 0. The normalized spacial score (nSPS) is 20.6. The molecule has 0 aromatic carbocycles. The number of morpholine rings is 1. The molecule has 1 saturated heterocycles. The fraction of sp³-hybridized carbons (Fsp3) is 0.900. The van der Waals surface area contributed by atoms with Gasteiger partial charge in [-0.1, -0.05) is 0 Å². The molecule has 0 aromatic heterocycles. The van der Waals surface area contributed by atoms with Crippen LogP contribution in [0.3, 0.4) is 0 Å². The minimum Gasteiger partial charge on any atom is -0.469 e. The Labute approximate surface area is 107 Å². The van der Waals surface area contributed by atoms with Crippen molar-refractivity contribution >= 4 is 16.0 Å². The molecule has 1 heterocycles. The Bertz CT molecular complexity index is 351. The van der Waals surface area contributed by atoms with Crippen molar-refractivity contribution < 1.29 is 22.7 Å². The molecule has 0 aliphatic carbocycles. The molecule has 8 heteroatoms. The third kappa shape index (κ3) is 6.29. The highest BCUT2D eigenvalue weighted by Crippen LogP contribution is 1.99. The van der Waals surface area contributed by atoms with Crippen molar-refractivity contribution in [3.05, 3.63) is 0 Å². The van der Waals surface area contributed by atoms with Gasteiger partial charge in [0, 0.05) is 26.1 Å². The van der Waals surface area contributed by atoms with Crippen LogP contribution in [0, 0.1) is 0 Å². The highest BCUT2D eigenvalue weighted by atomic mass is 32.2. The average Bonchev–Trinajstić information content (AvgIpc) is 2.37. The molecular weight excluding hydrogens is 260 g/mol. The summed E-state index contributed by atoms with van der Waals surface area (Å²) in [4.78, 5) is 10.8. The lowest BCUT2D eigenvalue weighted by Gasteiger charge is -2.23. The molecule has 1 rings (SSSR count). The molecule has 1 fully saturated rings. The van der Waals surface area contributed by atoms with E-state index in [9.17, 15) is 13.2 Å². The van der Waals surface area contributed by atoms with Crippen molar-refractivity contribution in [1.82, 2.24) is 10.0 Å². The summed E-state index contributed by atoms with van der Waals surface area (Å²) in [5.41, 5.74) is 0. The number of hydrogen-bond acceptors (Lipinski definition) is 6. The Hall–Kier alpha value is -0.700. The number of methoxy groups -OCH3 is 1. The van der Waals surface area contributed by atoms with Crippen LogP contribution in [-0.2, 0) is 24.3 Å². The van der Waals surface area contributed by atoms with E-state index in [1.807, 2.05) is 0 Å². The fourth-order valence-corrected chi connectivity index (χ4v) is 2.66. The number of sulfonamides is 1. The minimum atomic E-state index is -3.35. The zero-order valence-electron chi connectivity index (χ0n) is 10.5. The third-order valence-corrected chi connectivity index (χ3v) is 3.99. The second-order valence-corrected chi connectivity index (χ2v) is 5.97. The molecule has 0 bridgehead atoms. The quantitative estimate of drug-likeness (QED) is 0.572. The second-order valence-electron chi connectivity index (χ2n) is 4.04. The number of ether oxygens (including phenoxy) is 2. The van der Waals surface area contributed by atoms with Crippen LogP contribution in [-0.4, -0.2) is 59.6 Å². The van der Waals surface area contributed by atoms with Gasteiger partial charge in [0.2, 0.25) is 10.0 Å². The molecule has 1 atom stereocenters. The summed E-state index contributed by atoms with van der Waals surface area (Å²) in [7, 11) is -2.07. The molecule has 2 N–H and O–H groups in total. The molecule has 7 nitrogen and oxygen atoms in total. The van der Waals surface area contributed by atoms with Crippen LogP contribution in [0.1, 0.15) is 12.8 Å². The monoisotopic (exact) mass is 280 g/mol. The molecule has 0 aromatic rings. The van der Waals surface area contributed by atoms with E-state index in [0.717, 1.165) is 6.54 Å². The summed E-state index contributed by atoms with van der Waals surface area (Å²) in [6.07, 6.45) is 0.235. The number of hydrogen-bond donors (Lipinski definition) is 2.